The molecule has 0 fully saturated rings. The standard InChI is InChI=1S/C17H12FN3O3S2/c1-2-9-21-14-8-7-11(26(19,23)24)10-15(14)25-17(21)20-16(22)12-5-3-4-6-13(12)18/h1,3-8,10H,9H2,(H2,19,23,24). The molecule has 0 aliphatic carbocycles. The maximum absolute atomic E-state index is 13.8. The Bertz CT molecular complexity index is 1230. The number of carbonyl (C=O) groups is 1. The number of carbonyl (C=O) groups excluding carboxylic acids is 1. The van der Waals surface area contributed by atoms with E-state index in [1.165, 1.54) is 42.5 Å². The quantitative estimate of drug-likeness (QED) is 0.693. The third-order valence-corrected chi connectivity index (χ3v) is 5.49. The summed E-state index contributed by atoms with van der Waals surface area (Å²) in [7, 11) is -3.87. The second kappa shape index (κ2) is 6.84. The SMILES string of the molecule is C#CCn1c(=NC(=O)c2ccccc2F)sc2cc(S(N)(=O)=O)ccc21. The summed E-state index contributed by atoms with van der Waals surface area (Å²) in [6, 6.07) is 9.77. The second-order valence-corrected chi connectivity index (χ2v) is 7.82. The summed E-state index contributed by atoms with van der Waals surface area (Å²) in [5.41, 5.74) is 0.433. The number of primary sulfonamides is 1. The molecule has 1 aromatic heterocycles. The summed E-state index contributed by atoms with van der Waals surface area (Å²) >= 11 is 1.06. The van der Waals surface area contributed by atoms with Crippen LogP contribution in [0.3, 0.4) is 0 Å². The first-order valence-corrected chi connectivity index (χ1v) is 9.61. The van der Waals surface area contributed by atoms with Gasteiger partial charge in [0.05, 0.1) is 27.2 Å². The number of thiazole rings is 1. The highest BCUT2D eigenvalue weighted by atomic mass is 32.2. The molecule has 2 aromatic carbocycles. The predicted molar refractivity (Wildman–Crippen MR) is 96.3 cm³/mol. The number of terminal acetylenes is 1. The lowest BCUT2D eigenvalue weighted by Gasteiger charge is -2.01. The molecule has 1 amide bonds. The molecule has 0 aliphatic rings. The molecule has 0 bridgehead atoms. The van der Waals surface area contributed by atoms with Crippen LogP contribution in [0.4, 0.5) is 4.39 Å². The Hall–Kier alpha value is -2.80. The Morgan fingerprint density at radius 3 is 2.69 bits per heavy atom. The van der Waals surface area contributed by atoms with Crippen molar-refractivity contribution in [3.63, 3.8) is 0 Å². The molecule has 0 saturated heterocycles. The van der Waals surface area contributed by atoms with E-state index in [1.807, 2.05) is 0 Å². The third-order valence-electron chi connectivity index (χ3n) is 3.53. The molecule has 0 unspecified atom stereocenters. The number of benzene rings is 2. The van der Waals surface area contributed by atoms with Gasteiger partial charge in [-0.2, -0.15) is 4.99 Å². The van der Waals surface area contributed by atoms with Gasteiger partial charge in [0, 0.05) is 0 Å². The van der Waals surface area contributed by atoms with Crippen molar-refractivity contribution in [1.82, 2.24) is 4.57 Å². The van der Waals surface area contributed by atoms with E-state index in [0.29, 0.717) is 10.2 Å². The first kappa shape index (κ1) is 18.0. The third kappa shape index (κ3) is 3.43. The minimum absolute atomic E-state index is 0.0638. The van der Waals surface area contributed by atoms with Crippen LogP contribution in [0.5, 0.6) is 0 Å². The van der Waals surface area contributed by atoms with E-state index in [9.17, 15) is 17.6 Å². The number of halogens is 1. The highest BCUT2D eigenvalue weighted by Gasteiger charge is 2.14. The fraction of sp³-hybridized carbons (Fsp3) is 0.0588. The molecule has 3 aromatic rings. The molecule has 0 radical (unpaired) electrons. The average molecular weight is 389 g/mol. The van der Waals surface area contributed by atoms with Gasteiger partial charge in [-0.15, -0.1) is 6.42 Å². The van der Waals surface area contributed by atoms with Gasteiger partial charge in [-0.1, -0.05) is 29.4 Å². The van der Waals surface area contributed by atoms with E-state index in [4.69, 9.17) is 11.6 Å². The largest absolute Gasteiger partial charge is 0.305 e. The molecule has 3 rings (SSSR count). The smallest absolute Gasteiger partial charge is 0.282 e. The van der Waals surface area contributed by atoms with Crippen molar-refractivity contribution in [3.8, 4) is 12.3 Å². The zero-order chi connectivity index (χ0) is 18.9. The normalized spacial score (nSPS) is 12.3. The lowest BCUT2D eigenvalue weighted by Crippen LogP contribution is -2.17. The van der Waals surface area contributed by atoms with E-state index >= 15 is 0 Å². The van der Waals surface area contributed by atoms with E-state index in [1.54, 1.807) is 4.57 Å². The summed E-state index contributed by atoms with van der Waals surface area (Å²) < 4.78 is 38.9. The molecule has 0 spiro atoms. The van der Waals surface area contributed by atoms with Crippen LogP contribution < -0.4 is 9.94 Å². The Kier molecular flexibility index (Phi) is 4.73. The highest BCUT2D eigenvalue weighted by molar-refractivity contribution is 7.89. The second-order valence-electron chi connectivity index (χ2n) is 5.25. The number of amides is 1. The minimum atomic E-state index is -3.87. The van der Waals surface area contributed by atoms with Crippen LogP contribution in [-0.2, 0) is 16.6 Å². The maximum Gasteiger partial charge on any atom is 0.282 e. The first-order chi connectivity index (χ1) is 12.3. The summed E-state index contributed by atoms with van der Waals surface area (Å²) in [5, 5.41) is 5.14. The zero-order valence-electron chi connectivity index (χ0n) is 13.2. The zero-order valence-corrected chi connectivity index (χ0v) is 14.8. The summed E-state index contributed by atoms with van der Waals surface area (Å²) in [6.07, 6.45) is 5.38. The van der Waals surface area contributed by atoms with E-state index in [0.717, 1.165) is 11.3 Å². The molecule has 0 atom stereocenters. The molecule has 26 heavy (non-hydrogen) atoms. The minimum Gasteiger partial charge on any atom is -0.305 e. The average Bonchev–Trinajstić information content (AvgIpc) is 2.91. The van der Waals surface area contributed by atoms with Crippen molar-refractivity contribution < 1.29 is 17.6 Å². The van der Waals surface area contributed by atoms with Crippen molar-refractivity contribution in [2.45, 2.75) is 11.4 Å². The van der Waals surface area contributed by atoms with Gasteiger partial charge in [0.2, 0.25) is 10.0 Å². The number of hydrogen-bond acceptors (Lipinski definition) is 4. The van der Waals surface area contributed by atoms with Gasteiger partial charge < -0.3 is 4.57 Å². The number of fused-ring (bicyclic) bond motifs is 1. The van der Waals surface area contributed by atoms with Crippen molar-refractivity contribution in [3.05, 3.63) is 58.6 Å². The number of sulfonamides is 1. The fourth-order valence-electron chi connectivity index (χ4n) is 2.34. The topological polar surface area (TPSA) is 94.5 Å². The molecule has 0 saturated carbocycles. The van der Waals surface area contributed by atoms with Crippen LogP contribution in [0.1, 0.15) is 10.4 Å². The molecule has 1 heterocycles. The lowest BCUT2D eigenvalue weighted by atomic mass is 10.2. The summed E-state index contributed by atoms with van der Waals surface area (Å²) in [6.45, 7) is 0.109. The van der Waals surface area contributed by atoms with Crippen LogP contribution in [0.2, 0.25) is 0 Å². The van der Waals surface area contributed by atoms with E-state index in [-0.39, 0.29) is 21.8 Å². The fourth-order valence-corrected chi connectivity index (χ4v) is 4.02. The van der Waals surface area contributed by atoms with Crippen molar-refractivity contribution in [2.75, 3.05) is 0 Å². The van der Waals surface area contributed by atoms with Crippen molar-refractivity contribution in [1.29, 1.82) is 0 Å². The Morgan fingerprint density at radius 2 is 2.04 bits per heavy atom. The van der Waals surface area contributed by atoms with Crippen LogP contribution in [0, 0.1) is 18.2 Å². The number of aromatic nitrogens is 1. The van der Waals surface area contributed by atoms with E-state index in [2.05, 4.69) is 10.9 Å². The molecule has 6 nitrogen and oxygen atoms in total. The lowest BCUT2D eigenvalue weighted by molar-refractivity contribution is 0.0994. The molecule has 2 N–H and O–H groups in total. The predicted octanol–water partition coefficient (Wildman–Crippen LogP) is 1.86. The van der Waals surface area contributed by atoms with Gasteiger partial charge in [0.15, 0.2) is 4.80 Å². The monoisotopic (exact) mass is 389 g/mol. The van der Waals surface area contributed by atoms with Gasteiger partial charge >= 0.3 is 0 Å². The Labute approximate surface area is 152 Å². The van der Waals surface area contributed by atoms with Crippen LogP contribution in [0.15, 0.2) is 52.4 Å². The maximum atomic E-state index is 13.8. The molecular formula is C17H12FN3O3S2. The van der Waals surface area contributed by atoms with E-state index < -0.39 is 21.7 Å². The summed E-state index contributed by atoms with van der Waals surface area (Å²) in [5.74, 6) is 1.02. The number of nitrogens with two attached hydrogens (primary N) is 1. The molecule has 0 aliphatic heterocycles. The van der Waals surface area contributed by atoms with Crippen LogP contribution >= 0.6 is 11.3 Å². The molecular weight excluding hydrogens is 377 g/mol. The first-order valence-electron chi connectivity index (χ1n) is 7.24. The van der Waals surface area contributed by atoms with Gasteiger partial charge in [-0.3, -0.25) is 4.79 Å². The number of nitrogens with zero attached hydrogens (tertiary/aromatic N) is 2. The number of hydrogen-bond donors (Lipinski definition) is 1. The van der Waals surface area contributed by atoms with Gasteiger partial charge in [-0.25, -0.2) is 17.9 Å². The van der Waals surface area contributed by atoms with Crippen LogP contribution in [0.25, 0.3) is 10.2 Å². The highest BCUT2D eigenvalue weighted by Crippen LogP contribution is 2.21. The van der Waals surface area contributed by atoms with Crippen molar-refractivity contribution in [2.24, 2.45) is 10.1 Å². The molecule has 132 valence electrons. The summed E-state index contributed by atoms with van der Waals surface area (Å²) in [4.78, 5) is 16.4. The van der Waals surface area contributed by atoms with Crippen LogP contribution in [-0.4, -0.2) is 18.9 Å². The Balaban J connectivity index is 2.22. The number of rotatable bonds is 3. The van der Waals surface area contributed by atoms with Gasteiger partial charge in [0.1, 0.15) is 5.82 Å². The van der Waals surface area contributed by atoms with Gasteiger partial charge in [-0.05, 0) is 30.3 Å². The van der Waals surface area contributed by atoms with Gasteiger partial charge in [0.25, 0.3) is 5.91 Å². The van der Waals surface area contributed by atoms with Crippen molar-refractivity contribution >= 4 is 37.5 Å². The molecule has 9 heteroatoms. The Morgan fingerprint density at radius 1 is 1.31 bits per heavy atom.